The summed E-state index contributed by atoms with van der Waals surface area (Å²) in [6, 6.07) is -1.33. The van der Waals surface area contributed by atoms with Gasteiger partial charge in [-0.25, -0.2) is 19.6 Å². The molecule has 1 heterocycles. The van der Waals surface area contributed by atoms with Crippen LogP contribution in [0.1, 0.15) is 36.8 Å². The van der Waals surface area contributed by atoms with Gasteiger partial charge >= 0.3 is 22.3 Å². The minimum absolute atomic E-state index is 0.0468. The van der Waals surface area contributed by atoms with Gasteiger partial charge in [-0.05, 0) is 19.8 Å². The summed E-state index contributed by atoms with van der Waals surface area (Å²) in [5.41, 5.74) is 5.29. The van der Waals surface area contributed by atoms with Crippen LogP contribution < -0.4 is 10.0 Å². The first-order chi connectivity index (χ1) is 11.1. The van der Waals surface area contributed by atoms with Crippen LogP contribution in [0.15, 0.2) is 6.20 Å². The third-order valence-corrected chi connectivity index (χ3v) is 3.84. The van der Waals surface area contributed by atoms with Crippen LogP contribution in [0.25, 0.3) is 0 Å². The van der Waals surface area contributed by atoms with Crippen LogP contribution >= 0.6 is 0 Å². The first-order valence-electron chi connectivity index (χ1n) is 7.10. The number of carbonyl (C=O) groups excluding carboxylic acids is 2. The van der Waals surface area contributed by atoms with Crippen molar-refractivity contribution in [2.24, 2.45) is 11.7 Å². The highest BCUT2D eigenvalue weighted by atomic mass is 32.2. The van der Waals surface area contributed by atoms with Gasteiger partial charge in [0.15, 0.2) is 0 Å². The van der Waals surface area contributed by atoms with Crippen molar-refractivity contribution in [3.8, 4) is 0 Å². The number of rotatable bonds is 7. The van der Waals surface area contributed by atoms with Gasteiger partial charge in [0.05, 0.1) is 24.5 Å². The number of aryl methyl sites for hydroxylation is 1. The smallest absolute Gasteiger partial charge is 0.373 e. The van der Waals surface area contributed by atoms with Crippen LogP contribution in [0.2, 0.25) is 0 Å². The Morgan fingerprint density at radius 3 is 2.46 bits per heavy atom. The lowest BCUT2D eigenvalue weighted by molar-refractivity contribution is 0.0524. The monoisotopic (exact) mass is 360 g/mol. The van der Waals surface area contributed by atoms with Crippen LogP contribution in [0.3, 0.4) is 0 Å². The normalized spacial score (nSPS) is 11.4. The van der Waals surface area contributed by atoms with Gasteiger partial charge in [-0.2, -0.15) is 8.42 Å². The highest BCUT2D eigenvalue weighted by Gasteiger charge is 2.32. The third-order valence-electron chi connectivity index (χ3n) is 2.62. The molecule has 0 fully saturated rings. The quantitative estimate of drug-likeness (QED) is 0.702. The molecule has 0 spiro atoms. The number of urea groups is 1. The summed E-state index contributed by atoms with van der Waals surface area (Å²) in [4.78, 5) is 30.8. The molecule has 1 rings (SSSR count). The fourth-order valence-corrected chi connectivity index (χ4v) is 2.60. The van der Waals surface area contributed by atoms with Crippen molar-refractivity contribution in [1.29, 1.82) is 0 Å². The van der Waals surface area contributed by atoms with Gasteiger partial charge in [0.2, 0.25) is 5.95 Å². The molecular formula is C13H20N4O6S. The summed E-state index contributed by atoms with van der Waals surface area (Å²) >= 11 is 0. The summed E-state index contributed by atoms with van der Waals surface area (Å²) in [7, 11) is -4.51. The minimum atomic E-state index is -4.51. The van der Waals surface area contributed by atoms with E-state index in [4.69, 9.17) is 14.7 Å². The minimum Gasteiger partial charge on any atom is -0.462 e. The van der Waals surface area contributed by atoms with Crippen LogP contribution in [0, 0.1) is 12.8 Å². The van der Waals surface area contributed by atoms with Gasteiger partial charge in [0, 0.05) is 6.20 Å². The number of anilines is 1. The number of hydrogen-bond donors (Lipinski definition) is 1. The van der Waals surface area contributed by atoms with Gasteiger partial charge in [-0.15, -0.1) is 4.31 Å². The molecule has 0 atom stereocenters. The largest absolute Gasteiger partial charge is 0.462 e. The van der Waals surface area contributed by atoms with E-state index in [1.165, 1.54) is 6.92 Å². The van der Waals surface area contributed by atoms with E-state index in [0.717, 1.165) is 6.20 Å². The molecule has 1 aromatic rings. The molecule has 11 heteroatoms. The maximum absolute atomic E-state index is 12.1. The number of hydrogen-bond acceptors (Lipinski definition) is 8. The Labute approximate surface area is 140 Å². The zero-order valence-electron chi connectivity index (χ0n) is 13.8. The molecule has 0 aliphatic heterocycles. The molecule has 1 aromatic heterocycles. The number of carbonyl (C=O) groups is 2. The number of aromatic nitrogens is 2. The van der Waals surface area contributed by atoms with Crippen molar-refractivity contribution in [2.45, 2.75) is 27.7 Å². The van der Waals surface area contributed by atoms with Crippen molar-refractivity contribution < 1.29 is 26.9 Å². The molecule has 2 N–H and O–H groups in total. The van der Waals surface area contributed by atoms with Crippen LogP contribution in [0.4, 0.5) is 10.7 Å². The van der Waals surface area contributed by atoms with Crippen molar-refractivity contribution in [1.82, 2.24) is 9.97 Å². The Balaban J connectivity index is 3.21. The molecular weight excluding hydrogens is 340 g/mol. The topological polar surface area (TPSA) is 142 Å². The Kier molecular flexibility index (Phi) is 6.60. The summed E-state index contributed by atoms with van der Waals surface area (Å²) in [5.74, 6) is -1.27. The molecule has 0 aromatic carbocycles. The highest BCUT2D eigenvalue weighted by molar-refractivity contribution is 7.89. The molecule has 0 unspecified atom stereocenters. The molecule has 10 nitrogen and oxygen atoms in total. The number of nitrogens with zero attached hydrogens (tertiary/aromatic N) is 3. The predicted molar refractivity (Wildman–Crippen MR) is 84.5 cm³/mol. The number of primary amides is 1. The number of amides is 2. The van der Waals surface area contributed by atoms with Crippen molar-refractivity contribution >= 4 is 28.3 Å². The number of nitrogens with two attached hydrogens (primary N) is 1. The summed E-state index contributed by atoms with van der Waals surface area (Å²) in [6.45, 7) is 6.56. The lowest BCUT2D eigenvalue weighted by Crippen LogP contribution is -2.43. The Bertz CT molecular complexity index is 719. The number of esters is 1. The van der Waals surface area contributed by atoms with E-state index < -0.39 is 28.3 Å². The fourth-order valence-electron chi connectivity index (χ4n) is 1.55. The molecule has 0 saturated heterocycles. The van der Waals surface area contributed by atoms with Gasteiger partial charge in [0.1, 0.15) is 0 Å². The van der Waals surface area contributed by atoms with Gasteiger partial charge < -0.3 is 10.5 Å². The Hall–Kier alpha value is -2.27. The van der Waals surface area contributed by atoms with Gasteiger partial charge in [0.25, 0.3) is 0 Å². The lowest BCUT2D eigenvalue weighted by atomic mass is 10.2. The third kappa shape index (κ3) is 4.86. The second-order valence-corrected chi connectivity index (χ2v) is 6.58. The summed E-state index contributed by atoms with van der Waals surface area (Å²) < 4.78 is 34.0. The van der Waals surface area contributed by atoms with E-state index >= 15 is 0 Å². The molecule has 0 radical (unpaired) electrons. The average Bonchev–Trinajstić information content (AvgIpc) is 2.45. The van der Waals surface area contributed by atoms with Crippen LogP contribution in [-0.4, -0.2) is 43.6 Å². The molecule has 0 bridgehead atoms. The van der Waals surface area contributed by atoms with E-state index in [2.05, 4.69) is 9.97 Å². The first kappa shape index (κ1) is 19.8. The van der Waals surface area contributed by atoms with E-state index in [1.807, 2.05) is 0 Å². The molecule has 134 valence electrons. The van der Waals surface area contributed by atoms with E-state index in [-0.39, 0.29) is 34.7 Å². The average molecular weight is 360 g/mol. The standard InChI is InChI=1S/C13H20N4O6S/c1-5-22-11(18)10-6-15-13(16-9(10)4)17(12(14)19)24(20,21)23-7-8(2)3/h6,8H,5,7H2,1-4H3,(H2,14,19). The van der Waals surface area contributed by atoms with Crippen molar-refractivity contribution in [2.75, 3.05) is 17.5 Å². The van der Waals surface area contributed by atoms with Gasteiger partial charge in [-0.1, -0.05) is 13.8 Å². The van der Waals surface area contributed by atoms with E-state index in [9.17, 15) is 18.0 Å². The maximum Gasteiger partial charge on any atom is 0.373 e. The molecule has 24 heavy (non-hydrogen) atoms. The lowest BCUT2D eigenvalue weighted by Gasteiger charge is -2.19. The predicted octanol–water partition coefficient (Wildman–Crippen LogP) is 0.764. The summed E-state index contributed by atoms with van der Waals surface area (Å²) in [6.07, 6.45) is 1.06. The fraction of sp³-hybridized carbons (Fsp3) is 0.538. The Morgan fingerprint density at radius 1 is 1.38 bits per heavy atom. The molecule has 0 aliphatic carbocycles. The first-order valence-corrected chi connectivity index (χ1v) is 8.46. The second kappa shape index (κ2) is 8.02. The SMILES string of the molecule is CCOC(=O)c1cnc(N(C(N)=O)S(=O)(=O)OCC(C)C)nc1C. The molecule has 2 amide bonds. The molecule has 0 saturated carbocycles. The van der Waals surface area contributed by atoms with Crippen LogP contribution in [0.5, 0.6) is 0 Å². The Morgan fingerprint density at radius 2 is 2.00 bits per heavy atom. The van der Waals surface area contributed by atoms with E-state index in [0.29, 0.717) is 0 Å². The van der Waals surface area contributed by atoms with Crippen molar-refractivity contribution in [3.05, 3.63) is 17.5 Å². The zero-order chi connectivity index (χ0) is 18.5. The number of ether oxygens (including phenoxy) is 1. The second-order valence-electron chi connectivity index (χ2n) is 5.13. The molecule has 0 aliphatic rings. The van der Waals surface area contributed by atoms with Crippen LogP contribution in [-0.2, 0) is 19.2 Å². The highest BCUT2D eigenvalue weighted by Crippen LogP contribution is 2.17. The van der Waals surface area contributed by atoms with E-state index in [1.54, 1.807) is 20.8 Å². The maximum atomic E-state index is 12.1. The van der Waals surface area contributed by atoms with Gasteiger partial charge in [-0.3, -0.25) is 4.18 Å². The van der Waals surface area contributed by atoms with Crippen molar-refractivity contribution in [3.63, 3.8) is 0 Å². The summed E-state index contributed by atoms with van der Waals surface area (Å²) in [5, 5.41) is 0. The zero-order valence-corrected chi connectivity index (χ0v) is 14.7.